The standard InChI is InChI=1S/C14H9BrN6.C14H10N6/c15-12-7-17-13-14(18-12)21(20-19-13)8-9-3-4-11-10(6-9)2-1-5-16-11;1-2-11-8-10(3-4-12(11)15-5-1)9-20-14-13(18-19-20)16-6-7-17-14/h1-7H,8H2;1-8H,9H2. The summed E-state index contributed by atoms with van der Waals surface area (Å²) >= 11 is 3.32. The summed E-state index contributed by atoms with van der Waals surface area (Å²) in [5.74, 6) is 0. The van der Waals surface area contributed by atoms with Crippen LogP contribution >= 0.6 is 15.9 Å². The maximum absolute atomic E-state index is 4.37. The average Bonchev–Trinajstić information content (AvgIpc) is 3.61. The molecular weight excluding hydrogens is 584 g/mol. The molecule has 6 aromatic heterocycles. The third-order valence-electron chi connectivity index (χ3n) is 6.35. The Hall–Kier alpha value is -5.30. The first kappa shape index (κ1) is 24.7. The number of benzene rings is 2. The molecule has 0 saturated heterocycles. The van der Waals surface area contributed by atoms with E-state index < -0.39 is 0 Å². The molecular formula is C28H19BrN12. The van der Waals surface area contributed by atoms with Crippen molar-refractivity contribution in [2.45, 2.75) is 13.1 Å². The minimum atomic E-state index is 0.542. The summed E-state index contributed by atoms with van der Waals surface area (Å²) in [5.41, 5.74) is 6.67. The Bertz CT molecular complexity index is 2160. The van der Waals surface area contributed by atoms with Gasteiger partial charge in [0.25, 0.3) is 0 Å². The lowest BCUT2D eigenvalue weighted by atomic mass is 10.1. The monoisotopic (exact) mass is 602 g/mol. The smallest absolute Gasteiger partial charge is 0.221 e. The summed E-state index contributed by atoms with van der Waals surface area (Å²) in [6.07, 6.45) is 8.46. The quantitative estimate of drug-likeness (QED) is 0.285. The van der Waals surface area contributed by atoms with E-state index >= 15 is 0 Å². The van der Waals surface area contributed by atoms with Crippen LogP contribution in [-0.4, -0.2) is 59.9 Å². The maximum atomic E-state index is 4.37. The van der Waals surface area contributed by atoms with Crippen LogP contribution in [0.15, 0.2) is 96.3 Å². The van der Waals surface area contributed by atoms with Crippen molar-refractivity contribution >= 4 is 60.3 Å². The normalized spacial score (nSPS) is 11.2. The fraction of sp³-hybridized carbons (Fsp3) is 0.0714. The molecule has 0 atom stereocenters. The molecule has 0 aliphatic heterocycles. The highest BCUT2D eigenvalue weighted by Crippen LogP contribution is 2.17. The molecule has 0 aliphatic carbocycles. The number of aromatic nitrogens is 12. The van der Waals surface area contributed by atoms with E-state index in [4.69, 9.17) is 0 Å². The number of fused-ring (bicyclic) bond motifs is 4. The SMILES string of the molecule is Brc1cnc2nnn(Cc3ccc4ncccc4c3)c2n1.c1cnc2ccc(Cn3nnc4nccnc43)cc2c1. The molecule has 0 spiro atoms. The van der Waals surface area contributed by atoms with E-state index in [0.717, 1.165) is 32.9 Å². The predicted octanol–water partition coefficient (Wildman–Crippen LogP) is 4.40. The van der Waals surface area contributed by atoms with Crippen molar-refractivity contribution in [1.29, 1.82) is 0 Å². The van der Waals surface area contributed by atoms with Crippen LogP contribution in [0.25, 0.3) is 44.4 Å². The molecule has 8 aromatic rings. The van der Waals surface area contributed by atoms with Gasteiger partial charge in [0.2, 0.25) is 11.3 Å². The largest absolute Gasteiger partial charge is 0.256 e. The minimum Gasteiger partial charge on any atom is -0.256 e. The number of hydrogen-bond donors (Lipinski definition) is 0. The average molecular weight is 603 g/mol. The second-order valence-electron chi connectivity index (χ2n) is 9.10. The molecule has 12 nitrogen and oxygen atoms in total. The molecule has 0 radical (unpaired) electrons. The van der Waals surface area contributed by atoms with Gasteiger partial charge in [0.1, 0.15) is 4.60 Å². The number of rotatable bonds is 4. The summed E-state index contributed by atoms with van der Waals surface area (Å²) in [6, 6.07) is 20.2. The molecule has 0 bridgehead atoms. The van der Waals surface area contributed by atoms with Gasteiger partial charge >= 0.3 is 0 Å². The van der Waals surface area contributed by atoms with Crippen LogP contribution in [0.3, 0.4) is 0 Å². The molecule has 13 heteroatoms. The molecule has 0 unspecified atom stereocenters. The third kappa shape index (κ3) is 5.17. The Labute approximate surface area is 240 Å². The Kier molecular flexibility index (Phi) is 6.45. The van der Waals surface area contributed by atoms with Gasteiger partial charge in [0.15, 0.2) is 11.3 Å². The number of pyridine rings is 2. The van der Waals surface area contributed by atoms with Gasteiger partial charge in [0.05, 0.1) is 30.3 Å². The van der Waals surface area contributed by atoms with Gasteiger partial charge in [-0.25, -0.2) is 29.3 Å². The molecule has 0 N–H and O–H groups in total. The van der Waals surface area contributed by atoms with Gasteiger partial charge in [-0.15, -0.1) is 10.2 Å². The Morgan fingerprint density at radius 3 is 1.83 bits per heavy atom. The van der Waals surface area contributed by atoms with Crippen LogP contribution in [0.2, 0.25) is 0 Å². The van der Waals surface area contributed by atoms with Crippen molar-refractivity contribution in [2.24, 2.45) is 0 Å². The molecule has 0 saturated carbocycles. The van der Waals surface area contributed by atoms with E-state index in [9.17, 15) is 0 Å². The first-order valence-electron chi connectivity index (χ1n) is 12.6. The summed E-state index contributed by atoms with van der Waals surface area (Å²) in [7, 11) is 0. The summed E-state index contributed by atoms with van der Waals surface area (Å²) < 4.78 is 4.16. The highest BCUT2D eigenvalue weighted by Gasteiger charge is 2.09. The van der Waals surface area contributed by atoms with Crippen LogP contribution in [0.5, 0.6) is 0 Å². The second kappa shape index (κ2) is 10.7. The van der Waals surface area contributed by atoms with Crippen LogP contribution in [0.4, 0.5) is 0 Å². The molecule has 8 rings (SSSR count). The van der Waals surface area contributed by atoms with Gasteiger partial charge in [-0.1, -0.05) is 34.7 Å². The molecule has 198 valence electrons. The van der Waals surface area contributed by atoms with Gasteiger partial charge < -0.3 is 0 Å². The van der Waals surface area contributed by atoms with E-state index in [-0.39, 0.29) is 0 Å². The van der Waals surface area contributed by atoms with E-state index in [1.807, 2.05) is 48.5 Å². The topological polar surface area (TPSA) is 139 Å². The van der Waals surface area contributed by atoms with Crippen molar-refractivity contribution in [3.8, 4) is 0 Å². The Balaban J connectivity index is 0.000000135. The van der Waals surface area contributed by atoms with Gasteiger partial charge in [-0.05, 0) is 63.5 Å². The lowest BCUT2D eigenvalue weighted by molar-refractivity contribution is 0.664. The maximum Gasteiger partial charge on any atom is 0.221 e. The zero-order chi connectivity index (χ0) is 27.6. The molecule has 0 amide bonds. The van der Waals surface area contributed by atoms with Gasteiger partial charge in [-0.2, -0.15) is 0 Å². The molecule has 41 heavy (non-hydrogen) atoms. The fourth-order valence-electron chi connectivity index (χ4n) is 4.45. The summed E-state index contributed by atoms with van der Waals surface area (Å²) in [5, 5.41) is 18.5. The van der Waals surface area contributed by atoms with Crippen molar-refractivity contribution in [3.05, 3.63) is 107 Å². The second-order valence-corrected chi connectivity index (χ2v) is 9.91. The number of halogens is 1. The Morgan fingerprint density at radius 1 is 0.585 bits per heavy atom. The number of nitrogens with zero attached hydrogens (tertiary/aromatic N) is 12. The highest BCUT2D eigenvalue weighted by molar-refractivity contribution is 9.10. The van der Waals surface area contributed by atoms with Crippen molar-refractivity contribution in [2.75, 3.05) is 0 Å². The first-order valence-corrected chi connectivity index (χ1v) is 13.4. The molecule has 0 fully saturated rings. The van der Waals surface area contributed by atoms with Crippen LogP contribution in [-0.2, 0) is 13.1 Å². The first-order chi connectivity index (χ1) is 20.2. The van der Waals surface area contributed by atoms with Gasteiger partial charge in [-0.3, -0.25) is 9.97 Å². The third-order valence-corrected chi connectivity index (χ3v) is 6.73. The van der Waals surface area contributed by atoms with Crippen molar-refractivity contribution < 1.29 is 0 Å². The zero-order valence-electron chi connectivity index (χ0n) is 21.3. The van der Waals surface area contributed by atoms with Gasteiger partial charge in [0, 0.05) is 35.6 Å². The summed E-state index contributed by atoms with van der Waals surface area (Å²) in [4.78, 5) is 25.6. The van der Waals surface area contributed by atoms with E-state index in [0.29, 0.717) is 40.3 Å². The molecule has 0 aliphatic rings. The zero-order valence-corrected chi connectivity index (χ0v) is 22.9. The number of hydrogen-bond acceptors (Lipinski definition) is 10. The van der Waals surface area contributed by atoms with Crippen molar-refractivity contribution in [3.63, 3.8) is 0 Å². The predicted molar refractivity (Wildman–Crippen MR) is 156 cm³/mol. The lowest BCUT2D eigenvalue weighted by Crippen LogP contribution is -2.03. The van der Waals surface area contributed by atoms with Crippen LogP contribution in [0.1, 0.15) is 11.1 Å². The van der Waals surface area contributed by atoms with Crippen molar-refractivity contribution in [1.82, 2.24) is 59.9 Å². The van der Waals surface area contributed by atoms with E-state index in [1.165, 1.54) is 0 Å². The summed E-state index contributed by atoms with van der Waals surface area (Å²) in [6.45, 7) is 1.20. The highest BCUT2D eigenvalue weighted by atomic mass is 79.9. The van der Waals surface area contributed by atoms with E-state index in [2.05, 4.69) is 78.6 Å². The van der Waals surface area contributed by atoms with E-state index in [1.54, 1.807) is 40.3 Å². The molecule has 2 aromatic carbocycles. The lowest BCUT2D eigenvalue weighted by Gasteiger charge is -2.04. The minimum absolute atomic E-state index is 0.542. The Morgan fingerprint density at radius 2 is 1.17 bits per heavy atom. The van der Waals surface area contributed by atoms with Crippen LogP contribution < -0.4 is 0 Å². The van der Waals surface area contributed by atoms with Crippen LogP contribution in [0, 0.1) is 0 Å². The fourth-order valence-corrected chi connectivity index (χ4v) is 4.73. The molecule has 6 heterocycles.